The average Bonchev–Trinajstić information content (AvgIpc) is 3.12. The van der Waals surface area contributed by atoms with Gasteiger partial charge in [0, 0.05) is 19.1 Å². The number of aromatic nitrogens is 2. The first-order valence-electron chi connectivity index (χ1n) is 8.55. The Bertz CT molecular complexity index is 1010. The van der Waals surface area contributed by atoms with Crippen LogP contribution in [0, 0.1) is 6.92 Å². The molecule has 0 radical (unpaired) electrons. The Balaban J connectivity index is 1.44. The summed E-state index contributed by atoms with van der Waals surface area (Å²) in [5.74, 6) is 0.838. The van der Waals surface area contributed by atoms with Crippen LogP contribution in [0.25, 0.3) is 10.2 Å². The summed E-state index contributed by atoms with van der Waals surface area (Å²) in [7, 11) is -3.42. The molecule has 2 aromatic heterocycles. The molecule has 26 heavy (non-hydrogen) atoms. The first-order chi connectivity index (χ1) is 12.5. The molecule has 1 saturated heterocycles. The Labute approximate surface area is 157 Å². The first kappa shape index (κ1) is 17.4. The van der Waals surface area contributed by atoms with Gasteiger partial charge in [0.1, 0.15) is 12.1 Å². The molecule has 0 unspecified atom stereocenters. The minimum Gasteiger partial charge on any atom is -0.366 e. The largest absolute Gasteiger partial charge is 0.366 e. The van der Waals surface area contributed by atoms with Crippen LogP contribution in [0.2, 0.25) is 0 Å². The smallest absolute Gasteiger partial charge is 0.243 e. The van der Waals surface area contributed by atoms with Gasteiger partial charge in [-0.05, 0) is 43.3 Å². The van der Waals surface area contributed by atoms with E-state index in [0.29, 0.717) is 18.0 Å². The Morgan fingerprint density at radius 1 is 1.12 bits per heavy atom. The third kappa shape index (κ3) is 3.32. The van der Waals surface area contributed by atoms with Crippen molar-refractivity contribution in [3.63, 3.8) is 0 Å². The molecule has 136 valence electrons. The summed E-state index contributed by atoms with van der Waals surface area (Å²) in [6, 6.07) is 9.22. The van der Waals surface area contributed by atoms with Crippen molar-refractivity contribution in [2.24, 2.45) is 0 Å². The molecule has 0 amide bonds. The Hall–Kier alpha value is -2.03. The number of benzene rings is 1. The second-order valence-corrected chi connectivity index (χ2v) is 9.35. The minimum absolute atomic E-state index is 0.208. The van der Waals surface area contributed by atoms with Crippen LogP contribution in [-0.2, 0) is 10.0 Å². The summed E-state index contributed by atoms with van der Waals surface area (Å²) in [5.41, 5.74) is 1.99. The summed E-state index contributed by atoms with van der Waals surface area (Å²) in [6.45, 7) is 2.96. The SMILES string of the molecule is Cc1ccc(S(=O)(=O)N2CCC(Nc3ncnc4ccsc34)CC2)cc1. The van der Waals surface area contributed by atoms with E-state index >= 15 is 0 Å². The summed E-state index contributed by atoms with van der Waals surface area (Å²) in [6.07, 6.45) is 3.07. The lowest BCUT2D eigenvalue weighted by molar-refractivity contribution is 0.329. The number of nitrogens with zero attached hydrogens (tertiary/aromatic N) is 3. The Morgan fingerprint density at radius 2 is 1.85 bits per heavy atom. The van der Waals surface area contributed by atoms with E-state index in [1.807, 2.05) is 30.5 Å². The highest BCUT2D eigenvalue weighted by Crippen LogP contribution is 2.28. The van der Waals surface area contributed by atoms with Crippen molar-refractivity contribution in [3.05, 3.63) is 47.6 Å². The summed E-state index contributed by atoms with van der Waals surface area (Å²) < 4.78 is 28.2. The van der Waals surface area contributed by atoms with Gasteiger partial charge in [-0.25, -0.2) is 18.4 Å². The van der Waals surface area contributed by atoms with E-state index in [0.717, 1.165) is 34.4 Å². The van der Waals surface area contributed by atoms with Crippen molar-refractivity contribution >= 4 is 37.4 Å². The van der Waals surface area contributed by atoms with Crippen LogP contribution >= 0.6 is 11.3 Å². The lowest BCUT2D eigenvalue weighted by Crippen LogP contribution is -2.42. The highest BCUT2D eigenvalue weighted by molar-refractivity contribution is 7.89. The number of hydrogen-bond donors (Lipinski definition) is 1. The van der Waals surface area contributed by atoms with Gasteiger partial charge in [0.05, 0.1) is 15.1 Å². The number of piperidine rings is 1. The van der Waals surface area contributed by atoms with Crippen molar-refractivity contribution < 1.29 is 8.42 Å². The van der Waals surface area contributed by atoms with E-state index in [-0.39, 0.29) is 6.04 Å². The molecule has 3 aromatic rings. The quantitative estimate of drug-likeness (QED) is 0.742. The molecule has 1 N–H and O–H groups in total. The predicted octanol–water partition coefficient (Wildman–Crippen LogP) is 3.26. The molecule has 0 saturated carbocycles. The van der Waals surface area contributed by atoms with Gasteiger partial charge in [-0.1, -0.05) is 17.7 Å². The third-order valence-corrected chi connectivity index (χ3v) is 7.52. The molecule has 0 bridgehead atoms. The molecular weight excluding hydrogens is 368 g/mol. The molecule has 1 aromatic carbocycles. The highest BCUT2D eigenvalue weighted by Gasteiger charge is 2.29. The molecule has 6 nitrogen and oxygen atoms in total. The molecule has 1 aliphatic heterocycles. The molecule has 0 atom stereocenters. The number of aryl methyl sites for hydroxylation is 1. The topological polar surface area (TPSA) is 75.2 Å². The molecule has 0 spiro atoms. The third-order valence-electron chi connectivity index (χ3n) is 4.70. The number of fused-ring (bicyclic) bond motifs is 1. The van der Waals surface area contributed by atoms with E-state index < -0.39 is 10.0 Å². The van der Waals surface area contributed by atoms with Crippen molar-refractivity contribution in [1.29, 1.82) is 0 Å². The van der Waals surface area contributed by atoms with Gasteiger partial charge in [-0.3, -0.25) is 0 Å². The maximum absolute atomic E-state index is 12.8. The van der Waals surface area contributed by atoms with Crippen LogP contribution in [-0.4, -0.2) is 41.8 Å². The van der Waals surface area contributed by atoms with Crippen molar-refractivity contribution in [1.82, 2.24) is 14.3 Å². The second kappa shape index (κ2) is 6.94. The standard InChI is InChI=1S/C18H20N4O2S2/c1-13-2-4-15(5-3-13)26(23,24)22-9-6-14(7-10-22)21-18-17-16(8-11-25-17)19-12-20-18/h2-5,8,11-12,14H,6-7,9-10H2,1H3,(H,19,20,21). The number of thiophene rings is 1. The van der Waals surface area contributed by atoms with Gasteiger partial charge >= 0.3 is 0 Å². The van der Waals surface area contributed by atoms with Crippen LogP contribution in [0.1, 0.15) is 18.4 Å². The van der Waals surface area contributed by atoms with E-state index in [1.165, 1.54) is 0 Å². The highest BCUT2D eigenvalue weighted by atomic mass is 32.2. The molecule has 1 fully saturated rings. The second-order valence-electron chi connectivity index (χ2n) is 6.49. The Kier molecular flexibility index (Phi) is 4.64. The maximum Gasteiger partial charge on any atom is 0.243 e. The van der Waals surface area contributed by atoms with Crippen LogP contribution in [0.4, 0.5) is 5.82 Å². The van der Waals surface area contributed by atoms with E-state index in [1.54, 1.807) is 34.1 Å². The van der Waals surface area contributed by atoms with Crippen LogP contribution in [0.3, 0.4) is 0 Å². The van der Waals surface area contributed by atoms with Crippen molar-refractivity contribution in [3.8, 4) is 0 Å². The van der Waals surface area contributed by atoms with Gasteiger partial charge in [-0.2, -0.15) is 4.31 Å². The number of anilines is 1. The van der Waals surface area contributed by atoms with Crippen molar-refractivity contribution in [2.45, 2.75) is 30.7 Å². The molecule has 1 aliphatic rings. The maximum atomic E-state index is 12.8. The predicted molar refractivity (Wildman–Crippen MR) is 104 cm³/mol. The molecule has 4 rings (SSSR count). The van der Waals surface area contributed by atoms with E-state index in [4.69, 9.17) is 0 Å². The number of rotatable bonds is 4. The summed E-state index contributed by atoms with van der Waals surface area (Å²) in [5, 5.41) is 5.47. The first-order valence-corrected chi connectivity index (χ1v) is 10.9. The summed E-state index contributed by atoms with van der Waals surface area (Å²) in [4.78, 5) is 8.97. The van der Waals surface area contributed by atoms with Crippen LogP contribution in [0.5, 0.6) is 0 Å². The molecule has 3 heterocycles. The Morgan fingerprint density at radius 3 is 2.58 bits per heavy atom. The molecule has 8 heteroatoms. The number of nitrogens with one attached hydrogen (secondary N) is 1. The monoisotopic (exact) mass is 388 g/mol. The molecular formula is C18H20N4O2S2. The zero-order chi connectivity index (χ0) is 18.1. The lowest BCUT2D eigenvalue weighted by atomic mass is 10.1. The van der Waals surface area contributed by atoms with Gasteiger partial charge in [0.15, 0.2) is 0 Å². The molecule has 0 aliphatic carbocycles. The normalized spacial score (nSPS) is 16.8. The van der Waals surface area contributed by atoms with Crippen molar-refractivity contribution in [2.75, 3.05) is 18.4 Å². The average molecular weight is 389 g/mol. The summed E-state index contributed by atoms with van der Waals surface area (Å²) >= 11 is 1.61. The van der Waals surface area contributed by atoms with Gasteiger partial charge in [-0.15, -0.1) is 11.3 Å². The zero-order valence-corrected chi connectivity index (χ0v) is 16.1. The van der Waals surface area contributed by atoms with Crippen LogP contribution < -0.4 is 5.32 Å². The minimum atomic E-state index is -3.42. The van der Waals surface area contributed by atoms with E-state index in [9.17, 15) is 8.42 Å². The van der Waals surface area contributed by atoms with Gasteiger partial charge in [0.2, 0.25) is 10.0 Å². The lowest BCUT2D eigenvalue weighted by Gasteiger charge is -2.32. The zero-order valence-electron chi connectivity index (χ0n) is 14.4. The number of sulfonamides is 1. The fourth-order valence-corrected chi connectivity index (χ4v) is 5.45. The fourth-order valence-electron chi connectivity index (χ4n) is 3.18. The fraction of sp³-hybridized carbons (Fsp3) is 0.333. The van der Waals surface area contributed by atoms with Gasteiger partial charge in [0.25, 0.3) is 0 Å². The van der Waals surface area contributed by atoms with Gasteiger partial charge < -0.3 is 5.32 Å². The van der Waals surface area contributed by atoms with E-state index in [2.05, 4.69) is 15.3 Å². The van der Waals surface area contributed by atoms with Crippen LogP contribution in [0.15, 0.2) is 46.9 Å². The number of hydrogen-bond acceptors (Lipinski definition) is 6.